The molecule has 1 unspecified atom stereocenters. The summed E-state index contributed by atoms with van der Waals surface area (Å²) in [4.78, 5) is 1.79. The third-order valence-electron chi connectivity index (χ3n) is 3.63. The predicted octanol–water partition coefficient (Wildman–Crippen LogP) is 4.53. The molecule has 0 spiro atoms. The second-order valence-electron chi connectivity index (χ2n) is 5.13. The van der Waals surface area contributed by atoms with Gasteiger partial charge in [-0.1, -0.05) is 42.8 Å². The largest absolute Gasteiger partial charge is 0.341 e. The topological polar surface area (TPSA) is 29.3 Å². The zero-order valence-electron chi connectivity index (χ0n) is 12.3. The Morgan fingerprint density at radius 2 is 1.90 bits per heavy atom. The molecule has 0 fully saturated rings. The van der Waals surface area contributed by atoms with Crippen LogP contribution in [0.15, 0.2) is 42.5 Å². The van der Waals surface area contributed by atoms with Crippen LogP contribution in [-0.2, 0) is 6.42 Å². The van der Waals surface area contributed by atoms with E-state index in [1.165, 1.54) is 6.07 Å². The lowest BCUT2D eigenvalue weighted by atomic mass is 10.0. The highest BCUT2D eigenvalue weighted by atomic mass is 35.5. The second-order valence-corrected chi connectivity index (χ2v) is 5.54. The summed E-state index contributed by atoms with van der Waals surface area (Å²) < 4.78 is 14.0. The number of halogens is 2. The van der Waals surface area contributed by atoms with Gasteiger partial charge in [0, 0.05) is 13.1 Å². The fourth-order valence-electron chi connectivity index (χ4n) is 2.37. The maximum atomic E-state index is 14.0. The number of nitrogens with two attached hydrogens (primary N) is 1. The van der Waals surface area contributed by atoms with E-state index in [1.807, 2.05) is 31.3 Å². The molecule has 21 heavy (non-hydrogen) atoms. The molecule has 1 atom stereocenters. The van der Waals surface area contributed by atoms with Gasteiger partial charge >= 0.3 is 0 Å². The van der Waals surface area contributed by atoms with Gasteiger partial charge in [0.05, 0.1) is 16.4 Å². The van der Waals surface area contributed by atoms with Crippen molar-refractivity contribution < 1.29 is 4.39 Å². The summed E-state index contributed by atoms with van der Waals surface area (Å²) >= 11 is 6.35. The Bertz CT molecular complexity index is 615. The van der Waals surface area contributed by atoms with Crippen LogP contribution in [-0.4, -0.2) is 13.1 Å². The lowest BCUT2D eigenvalue weighted by molar-refractivity contribution is 0.626. The summed E-state index contributed by atoms with van der Waals surface area (Å²) in [6.45, 7) is 2.05. The predicted molar refractivity (Wildman–Crippen MR) is 87.9 cm³/mol. The Morgan fingerprint density at radius 1 is 1.19 bits per heavy atom. The van der Waals surface area contributed by atoms with Crippen molar-refractivity contribution in [3.05, 3.63) is 58.9 Å². The van der Waals surface area contributed by atoms with Gasteiger partial charge in [0.1, 0.15) is 5.82 Å². The molecule has 112 valence electrons. The van der Waals surface area contributed by atoms with Crippen LogP contribution in [0.3, 0.4) is 0 Å². The van der Waals surface area contributed by atoms with Crippen molar-refractivity contribution in [1.82, 2.24) is 0 Å². The number of hydrogen-bond donors (Lipinski definition) is 1. The van der Waals surface area contributed by atoms with Crippen molar-refractivity contribution in [2.24, 2.45) is 5.73 Å². The Kier molecular flexibility index (Phi) is 5.21. The first-order valence-corrected chi connectivity index (χ1v) is 7.43. The maximum absolute atomic E-state index is 14.0. The summed E-state index contributed by atoms with van der Waals surface area (Å²) in [6.07, 6.45) is 1.60. The van der Waals surface area contributed by atoms with E-state index in [0.29, 0.717) is 17.1 Å². The third-order valence-corrected chi connectivity index (χ3v) is 3.93. The van der Waals surface area contributed by atoms with Gasteiger partial charge in [0.15, 0.2) is 0 Å². The monoisotopic (exact) mass is 306 g/mol. The normalized spacial score (nSPS) is 12.2. The highest BCUT2D eigenvalue weighted by molar-refractivity contribution is 6.33. The van der Waals surface area contributed by atoms with Crippen molar-refractivity contribution in [3.63, 3.8) is 0 Å². The van der Waals surface area contributed by atoms with Gasteiger partial charge in [-0.3, -0.25) is 0 Å². The second kappa shape index (κ2) is 6.92. The van der Waals surface area contributed by atoms with Gasteiger partial charge in [0.2, 0.25) is 0 Å². The molecule has 2 rings (SSSR count). The van der Waals surface area contributed by atoms with E-state index in [-0.39, 0.29) is 11.9 Å². The van der Waals surface area contributed by atoms with Crippen LogP contribution in [0.2, 0.25) is 5.02 Å². The molecular formula is C17H20ClFN2. The first-order chi connectivity index (χ1) is 10.0. The lowest BCUT2D eigenvalue weighted by Gasteiger charge is -2.25. The minimum absolute atomic E-state index is 0.0660. The Hall–Kier alpha value is -1.58. The fraction of sp³-hybridized carbons (Fsp3) is 0.294. The highest BCUT2D eigenvalue weighted by Gasteiger charge is 2.17. The molecule has 2 aromatic rings. The fourth-order valence-corrected chi connectivity index (χ4v) is 2.69. The van der Waals surface area contributed by atoms with Crippen molar-refractivity contribution in [3.8, 4) is 0 Å². The van der Waals surface area contributed by atoms with E-state index in [1.54, 1.807) is 17.0 Å². The van der Waals surface area contributed by atoms with Gasteiger partial charge in [-0.15, -0.1) is 0 Å². The van der Waals surface area contributed by atoms with Crippen molar-refractivity contribution in [1.29, 1.82) is 0 Å². The van der Waals surface area contributed by atoms with Crippen LogP contribution in [0.5, 0.6) is 0 Å². The smallest absolute Gasteiger partial charge is 0.146 e. The molecule has 0 radical (unpaired) electrons. The summed E-state index contributed by atoms with van der Waals surface area (Å²) in [5.41, 5.74) is 8.40. The third kappa shape index (κ3) is 3.55. The Balaban J connectivity index is 2.45. The van der Waals surface area contributed by atoms with E-state index >= 15 is 0 Å². The molecule has 2 aromatic carbocycles. The molecule has 2 N–H and O–H groups in total. The molecule has 0 heterocycles. The molecule has 0 aromatic heterocycles. The first kappa shape index (κ1) is 15.8. The van der Waals surface area contributed by atoms with Crippen molar-refractivity contribution >= 4 is 23.0 Å². The molecule has 0 saturated heterocycles. The molecule has 0 aliphatic rings. The van der Waals surface area contributed by atoms with Crippen LogP contribution in [0, 0.1) is 5.82 Å². The Labute approximate surface area is 130 Å². The van der Waals surface area contributed by atoms with Crippen LogP contribution in [0.1, 0.15) is 18.9 Å². The first-order valence-electron chi connectivity index (χ1n) is 7.05. The van der Waals surface area contributed by atoms with Crippen LogP contribution in [0.25, 0.3) is 0 Å². The summed E-state index contributed by atoms with van der Waals surface area (Å²) in [5, 5.41) is 0.599. The Morgan fingerprint density at radius 3 is 2.57 bits per heavy atom. The standard InChI is InChI=1S/C17H20ClFN2/c1-3-13(20)11-12-7-6-8-14(18)17(12)21(2)16-10-5-4-9-15(16)19/h4-10,13H,3,11,20H2,1-2H3. The van der Waals surface area contributed by atoms with Crippen molar-refractivity contribution in [2.75, 3.05) is 11.9 Å². The van der Waals surface area contributed by atoms with Gasteiger partial charge < -0.3 is 10.6 Å². The highest BCUT2D eigenvalue weighted by Crippen LogP contribution is 2.35. The van der Waals surface area contributed by atoms with Crippen LogP contribution in [0.4, 0.5) is 15.8 Å². The molecule has 2 nitrogen and oxygen atoms in total. The van der Waals surface area contributed by atoms with Crippen LogP contribution >= 0.6 is 11.6 Å². The molecular weight excluding hydrogens is 287 g/mol. The van der Waals surface area contributed by atoms with Gasteiger partial charge in [-0.2, -0.15) is 0 Å². The summed E-state index contributed by atoms with van der Waals surface area (Å²) in [5.74, 6) is -0.273. The number of benzene rings is 2. The lowest BCUT2D eigenvalue weighted by Crippen LogP contribution is -2.23. The van der Waals surface area contributed by atoms with E-state index in [2.05, 4.69) is 6.92 Å². The SMILES string of the molecule is CCC(N)Cc1cccc(Cl)c1N(C)c1ccccc1F. The maximum Gasteiger partial charge on any atom is 0.146 e. The average molecular weight is 307 g/mol. The minimum atomic E-state index is -0.273. The number of anilines is 2. The van der Waals surface area contributed by atoms with E-state index in [0.717, 1.165) is 17.7 Å². The minimum Gasteiger partial charge on any atom is -0.341 e. The number of para-hydroxylation sites is 2. The molecule has 0 aliphatic carbocycles. The number of nitrogens with zero attached hydrogens (tertiary/aromatic N) is 1. The van der Waals surface area contributed by atoms with E-state index in [9.17, 15) is 4.39 Å². The van der Waals surface area contributed by atoms with Crippen LogP contribution < -0.4 is 10.6 Å². The summed E-state index contributed by atoms with van der Waals surface area (Å²) in [7, 11) is 1.82. The quantitative estimate of drug-likeness (QED) is 0.879. The number of hydrogen-bond acceptors (Lipinski definition) is 2. The molecule has 0 saturated carbocycles. The molecule has 0 aliphatic heterocycles. The zero-order valence-corrected chi connectivity index (χ0v) is 13.1. The zero-order chi connectivity index (χ0) is 15.4. The van der Waals surface area contributed by atoms with Gasteiger partial charge in [-0.05, 0) is 36.6 Å². The van der Waals surface area contributed by atoms with Crippen molar-refractivity contribution in [2.45, 2.75) is 25.8 Å². The molecule has 4 heteroatoms. The molecule has 0 amide bonds. The average Bonchev–Trinajstić information content (AvgIpc) is 2.47. The number of rotatable bonds is 5. The van der Waals surface area contributed by atoms with Gasteiger partial charge in [0.25, 0.3) is 0 Å². The summed E-state index contributed by atoms with van der Waals surface area (Å²) in [6, 6.07) is 12.4. The molecule has 0 bridgehead atoms. The van der Waals surface area contributed by atoms with Gasteiger partial charge in [-0.25, -0.2) is 4.39 Å². The van der Waals surface area contributed by atoms with E-state index < -0.39 is 0 Å². The van der Waals surface area contributed by atoms with E-state index in [4.69, 9.17) is 17.3 Å².